The maximum Gasteiger partial charge on any atom is 0.290 e. The molecule has 3 aromatic carbocycles. The molecule has 0 aromatic heterocycles. The van der Waals surface area contributed by atoms with Crippen molar-refractivity contribution in [2.45, 2.75) is 25.8 Å². The molecule has 0 saturated heterocycles. The fourth-order valence-electron chi connectivity index (χ4n) is 4.34. The number of hydrogen-bond donors (Lipinski definition) is 0. The van der Waals surface area contributed by atoms with Crippen LogP contribution in [0.15, 0.2) is 72.8 Å². The summed E-state index contributed by atoms with van der Waals surface area (Å²) in [6.07, 6.45) is 0. The van der Waals surface area contributed by atoms with E-state index >= 15 is 0 Å². The zero-order chi connectivity index (χ0) is 22.7. The number of methoxy groups -OCH3 is 1. The smallest absolute Gasteiger partial charge is 0.290 e. The number of benzene rings is 3. The number of carbonyl (C=O) groups excluding carboxylic acids is 1. The van der Waals surface area contributed by atoms with Gasteiger partial charge in [0.05, 0.1) is 18.5 Å². The van der Waals surface area contributed by atoms with E-state index in [0.717, 1.165) is 36.0 Å². The number of ether oxygens (including phenoxy) is 1. The highest BCUT2D eigenvalue weighted by Crippen LogP contribution is 2.49. The first-order valence-corrected chi connectivity index (χ1v) is 11.9. The van der Waals surface area contributed by atoms with Gasteiger partial charge in [0.15, 0.2) is 0 Å². The van der Waals surface area contributed by atoms with E-state index in [1.807, 2.05) is 29.2 Å². The Hall–Kier alpha value is -2.76. The molecule has 1 amide bonds. The van der Waals surface area contributed by atoms with Gasteiger partial charge in [-0.3, -0.25) is 9.69 Å². The van der Waals surface area contributed by atoms with Crippen LogP contribution in [-0.4, -0.2) is 36.6 Å². The van der Waals surface area contributed by atoms with Crippen molar-refractivity contribution in [1.29, 1.82) is 0 Å². The largest absolute Gasteiger partial charge is 0.497 e. The zero-order valence-corrected chi connectivity index (χ0v) is 20.0. The Morgan fingerprint density at radius 3 is 2.06 bits per heavy atom. The molecule has 4 nitrogen and oxygen atoms in total. The molecule has 0 atom stereocenters. The van der Waals surface area contributed by atoms with Crippen molar-refractivity contribution >= 4 is 28.4 Å². The van der Waals surface area contributed by atoms with Crippen molar-refractivity contribution < 1.29 is 9.53 Å². The van der Waals surface area contributed by atoms with Gasteiger partial charge in [0.2, 0.25) is 0 Å². The molecule has 0 fully saturated rings. The molecule has 0 N–H and O–H groups in total. The Morgan fingerprint density at radius 1 is 0.938 bits per heavy atom. The van der Waals surface area contributed by atoms with Crippen LogP contribution in [0.4, 0.5) is 16.2 Å². The van der Waals surface area contributed by atoms with Gasteiger partial charge in [-0.15, -0.1) is 0 Å². The third kappa shape index (κ3) is 4.41. The van der Waals surface area contributed by atoms with Gasteiger partial charge >= 0.3 is 0 Å². The summed E-state index contributed by atoms with van der Waals surface area (Å²) in [6, 6.07) is 24.6. The van der Waals surface area contributed by atoms with Crippen molar-refractivity contribution in [3.8, 4) is 5.75 Å². The lowest BCUT2D eigenvalue weighted by molar-refractivity contribution is 0.266. The van der Waals surface area contributed by atoms with Gasteiger partial charge in [0.1, 0.15) is 5.75 Å². The van der Waals surface area contributed by atoms with Crippen LogP contribution in [0.5, 0.6) is 5.75 Å². The predicted octanol–water partition coefficient (Wildman–Crippen LogP) is 6.46. The van der Waals surface area contributed by atoms with Crippen LogP contribution >= 0.6 is 11.8 Å². The molecule has 0 bridgehead atoms. The van der Waals surface area contributed by atoms with Gasteiger partial charge in [-0.25, -0.2) is 0 Å². The Kier molecular flexibility index (Phi) is 6.58. The lowest BCUT2D eigenvalue weighted by Crippen LogP contribution is -2.35. The highest BCUT2D eigenvalue weighted by atomic mass is 32.2. The highest BCUT2D eigenvalue weighted by molar-refractivity contribution is 8.13. The molecule has 0 spiro atoms. The minimum Gasteiger partial charge on any atom is -0.497 e. The van der Waals surface area contributed by atoms with Gasteiger partial charge in [-0.1, -0.05) is 74.1 Å². The zero-order valence-electron chi connectivity index (χ0n) is 19.2. The molecule has 4 rings (SSSR count). The van der Waals surface area contributed by atoms with Crippen molar-refractivity contribution in [2.24, 2.45) is 0 Å². The SMILES string of the molecule is COc1ccc(CN(C)CCSC(=O)N2c3ccccc3C(C)(C)c3ccccc32)cc1. The molecule has 32 heavy (non-hydrogen) atoms. The van der Waals surface area contributed by atoms with E-state index in [1.165, 1.54) is 28.5 Å². The Morgan fingerprint density at radius 2 is 1.50 bits per heavy atom. The number of para-hydroxylation sites is 2. The molecule has 1 aliphatic rings. The average molecular weight is 447 g/mol. The molecular formula is C27H30N2O2S. The number of rotatable bonds is 6. The van der Waals surface area contributed by atoms with E-state index in [-0.39, 0.29) is 10.7 Å². The van der Waals surface area contributed by atoms with E-state index < -0.39 is 0 Å². The standard InChI is InChI=1S/C27H30N2O2S/c1-27(2)22-9-5-7-11-24(22)29(25-12-8-6-10-23(25)27)26(30)32-18-17-28(3)19-20-13-15-21(31-4)16-14-20/h5-16H,17-19H2,1-4H3. The van der Waals surface area contributed by atoms with Gasteiger partial charge in [0, 0.05) is 24.3 Å². The lowest BCUT2D eigenvalue weighted by atomic mass is 9.74. The summed E-state index contributed by atoms with van der Waals surface area (Å²) in [5.74, 6) is 1.60. The second kappa shape index (κ2) is 9.39. The summed E-state index contributed by atoms with van der Waals surface area (Å²) in [6.45, 7) is 6.12. The van der Waals surface area contributed by atoms with Crippen LogP contribution in [0.2, 0.25) is 0 Å². The molecule has 5 heteroatoms. The van der Waals surface area contributed by atoms with Crippen molar-refractivity contribution in [1.82, 2.24) is 4.90 Å². The van der Waals surface area contributed by atoms with Crippen molar-refractivity contribution in [3.05, 3.63) is 89.5 Å². The van der Waals surface area contributed by atoms with Crippen LogP contribution in [0.25, 0.3) is 0 Å². The van der Waals surface area contributed by atoms with Gasteiger partial charge in [-0.05, 0) is 48.0 Å². The summed E-state index contributed by atoms with van der Waals surface area (Å²) in [7, 11) is 3.76. The minimum atomic E-state index is -0.146. The first-order chi connectivity index (χ1) is 15.4. The second-order valence-corrected chi connectivity index (χ2v) is 9.74. The van der Waals surface area contributed by atoms with E-state index in [1.54, 1.807) is 7.11 Å². The number of anilines is 2. The second-order valence-electron chi connectivity index (χ2n) is 8.69. The summed E-state index contributed by atoms with van der Waals surface area (Å²) >= 11 is 1.38. The quantitative estimate of drug-likeness (QED) is 0.435. The number of thioether (sulfide) groups is 1. The number of amides is 1. The maximum absolute atomic E-state index is 13.4. The molecule has 3 aromatic rings. The van der Waals surface area contributed by atoms with E-state index in [0.29, 0.717) is 0 Å². The summed E-state index contributed by atoms with van der Waals surface area (Å²) in [4.78, 5) is 17.5. The van der Waals surface area contributed by atoms with Crippen molar-refractivity contribution in [3.63, 3.8) is 0 Å². The average Bonchev–Trinajstić information content (AvgIpc) is 2.80. The van der Waals surface area contributed by atoms with Crippen molar-refractivity contribution in [2.75, 3.05) is 31.4 Å². The molecule has 166 valence electrons. The fraction of sp³-hybridized carbons (Fsp3) is 0.296. The molecular weight excluding hydrogens is 416 g/mol. The summed E-state index contributed by atoms with van der Waals surface area (Å²) < 4.78 is 5.23. The number of nitrogens with zero attached hydrogens (tertiary/aromatic N) is 2. The predicted molar refractivity (Wildman–Crippen MR) is 134 cm³/mol. The highest BCUT2D eigenvalue weighted by Gasteiger charge is 2.38. The Balaban J connectivity index is 1.44. The summed E-state index contributed by atoms with van der Waals surface area (Å²) in [5.41, 5.74) is 5.42. The van der Waals surface area contributed by atoms with Gasteiger partial charge in [0.25, 0.3) is 5.24 Å². The fourth-order valence-corrected chi connectivity index (χ4v) is 5.24. The van der Waals surface area contributed by atoms with E-state index in [2.05, 4.69) is 74.3 Å². The minimum absolute atomic E-state index is 0.0678. The molecule has 0 aliphatic carbocycles. The molecule has 1 heterocycles. The van der Waals surface area contributed by atoms with Crippen LogP contribution in [0.1, 0.15) is 30.5 Å². The monoisotopic (exact) mass is 446 g/mol. The first-order valence-electron chi connectivity index (χ1n) is 10.9. The number of hydrogen-bond acceptors (Lipinski definition) is 4. The third-order valence-electron chi connectivity index (χ3n) is 6.13. The summed E-state index contributed by atoms with van der Waals surface area (Å²) in [5, 5.41) is 0.0678. The van der Waals surface area contributed by atoms with Crippen LogP contribution in [-0.2, 0) is 12.0 Å². The topological polar surface area (TPSA) is 32.8 Å². The van der Waals surface area contributed by atoms with Crippen LogP contribution in [0.3, 0.4) is 0 Å². The first kappa shape index (κ1) is 22.4. The molecule has 0 saturated carbocycles. The third-order valence-corrected chi connectivity index (χ3v) is 6.95. The van der Waals surface area contributed by atoms with E-state index in [9.17, 15) is 4.79 Å². The van der Waals surface area contributed by atoms with Gasteiger partial charge < -0.3 is 9.64 Å². The number of carbonyl (C=O) groups is 1. The molecule has 0 unspecified atom stereocenters. The Labute approximate surface area is 195 Å². The number of fused-ring (bicyclic) bond motifs is 2. The maximum atomic E-state index is 13.4. The van der Waals surface area contributed by atoms with E-state index in [4.69, 9.17) is 4.74 Å². The lowest BCUT2D eigenvalue weighted by Gasteiger charge is -2.40. The molecule has 0 radical (unpaired) electrons. The Bertz CT molecular complexity index is 1050. The van der Waals surface area contributed by atoms with Gasteiger partial charge in [-0.2, -0.15) is 0 Å². The molecule has 1 aliphatic heterocycles. The van der Waals surface area contributed by atoms with Crippen LogP contribution < -0.4 is 9.64 Å². The normalized spacial score (nSPS) is 14.1. The van der Waals surface area contributed by atoms with Crippen LogP contribution in [0, 0.1) is 0 Å².